The Hall–Kier alpha value is -1.71. The topological polar surface area (TPSA) is 271 Å². The van der Waals surface area contributed by atoms with Gasteiger partial charge in [0.25, 0.3) is 0 Å². The van der Waals surface area contributed by atoms with Crippen LogP contribution in [-0.2, 0) is 38.1 Å². The Kier molecular flexibility index (Phi) is 20.0. The minimum Gasteiger partial charge on any atom is -0.469 e. The molecule has 0 saturated heterocycles. The number of rotatable bonds is 21. The maximum atomic E-state index is 13.1. The molecule has 0 heterocycles. The predicted molar refractivity (Wildman–Crippen MR) is 210 cm³/mol. The number of aliphatic hydroxyl groups excluding tert-OH is 8. The Balaban J connectivity index is 1.32. The zero-order chi connectivity index (χ0) is 43.6. The number of esters is 1. The van der Waals surface area contributed by atoms with Crippen molar-refractivity contribution in [3.63, 3.8) is 0 Å². The first-order chi connectivity index (χ1) is 28.1. The van der Waals surface area contributed by atoms with Gasteiger partial charge in [-0.25, -0.2) is 0 Å². The van der Waals surface area contributed by atoms with Gasteiger partial charge in [0.1, 0.15) is 12.1 Å². The molecule has 4 fully saturated rings. The van der Waals surface area contributed by atoms with E-state index >= 15 is 0 Å². The monoisotopic (exact) mass is 847 g/mol. The molecule has 4 saturated carbocycles. The van der Waals surface area contributed by atoms with Gasteiger partial charge >= 0.3 is 5.97 Å². The fourth-order valence-electron chi connectivity index (χ4n) is 10.7. The highest BCUT2D eigenvalue weighted by molar-refractivity contribution is 5.75. The molecule has 4 aliphatic carbocycles. The summed E-state index contributed by atoms with van der Waals surface area (Å²) < 4.78 is 28.7. The number of Topliss-reactive ketones (excluding diaryl/α,β-unsaturated/α-hetero) is 1. The molecule has 0 aromatic heterocycles. The van der Waals surface area contributed by atoms with Gasteiger partial charge in [-0.05, 0) is 56.3 Å². The zero-order valence-electron chi connectivity index (χ0n) is 35.4. The van der Waals surface area contributed by atoms with Crippen molar-refractivity contribution in [3.05, 3.63) is 0 Å². The van der Waals surface area contributed by atoms with E-state index < -0.39 is 102 Å². The van der Waals surface area contributed by atoms with E-state index in [-0.39, 0.29) is 95.1 Å². The summed E-state index contributed by atoms with van der Waals surface area (Å²) in [6, 6.07) is -0.494. The van der Waals surface area contributed by atoms with Gasteiger partial charge in [0, 0.05) is 61.7 Å². The second kappa shape index (κ2) is 23.7. The number of ketones is 1. The van der Waals surface area contributed by atoms with Crippen LogP contribution >= 0.6 is 0 Å². The van der Waals surface area contributed by atoms with Crippen LogP contribution in [0.2, 0.25) is 0 Å². The second-order valence-electron chi connectivity index (χ2n) is 17.9. The normalized spacial score (nSPS) is 42.9. The lowest BCUT2D eigenvalue weighted by Gasteiger charge is -2.45. The van der Waals surface area contributed by atoms with E-state index in [9.17, 15) is 55.2 Å². The highest BCUT2D eigenvalue weighted by Gasteiger charge is 2.49. The highest BCUT2D eigenvalue weighted by Crippen LogP contribution is 2.40. The number of nitrogens with one attached hydrogen (secondary N) is 1. The van der Waals surface area contributed by atoms with E-state index in [1.165, 1.54) is 21.1 Å². The van der Waals surface area contributed by atoms with Crippen molar-refractivity contribution in [2.24, 2.45) is 65.1 Å². The number of carbonyl (C=O) groups is 3. The van der Waals surface area contributed by atoms with Crippen LogP contribution in [0.15, 0.2) is 0 Å². The van der Waals surface area contributed by atoms with Crippen molar-refractivity contribution in [3.8, 4) is 0 Å². The van der Waals surface area contributed by atoms with E-state index in [1.54, 1.807) is 0 Å². The molecular weight excluding hydrogens is 774 g/mol. The molecule has 0 bridgehead atoms. The van der Waals surface area contributed by atoms with E-state index in [4.69, 9.17) is 23.7 Å². The van der Waals surface area contributed by atoms with Crippen LogP contribution in [0.4, 0.5) is 0 Å². The molecular formula is C42H73NO16. The molecule has 0 radical (unpaired) electrons. The lowest BCUT2D eigenvalue weighted by molar-refractivity contribution is -0.174. The van der Waals surface area contributed by atoms with Crippen LogP contribution in [0.3, 0.4) is 0 Å². The molecule has 0 aromatic carbocycles. The molecule has 17 nitrogen and oxygen atoms in total. The van der Waals surface area contributed by atoms with Gasteiger partial charge < -0.3 is 79.4 Å². The smallest absolute Gasteiger partial charge is 0.309 e. The summed E-state index contributed by atoms with van der Waals surface area (Å²) in [6.45, 7) is 5.24. The summed E-state index contributed by atoms with van der Waals surface area (Å²) >= 11 is 0. The molecule has 20 unspecified atom stereocenters. The van der Waals surface area contributed by atoms with Crippen molar-refractivity contribution >= 4 is 18.0 Å². The molecule has 4 aliphatic rings. The number of aliphatic hydroxyl groups is 8. The van der Waals surface area contributed by atoms with E-state index in [2.05, 4.69) is 5.32 Å². The number of ether oxygens (including phenoxy) is 5. The maximum Gasteiger partial charge on any atom is 0.309 e. The van der Waals surface area contributed by atoms with Gasteiger partial charge in [0.05, 0.1) is 108 Å². The number of methoxy groups -OCH3 is 2. The third kappa shape index (κ3) is 12.3. The number of carbonyl (C=O) groups excluding carboxylic acids is 3. The summed E-state index contributed by atoms with van der Waals surface area (Å²) in [4.78, 5) is 36.3. The first-order valence-electron chi connectivity index (χ1n) is 21.5. The lowest BCUT2D eigenvalue weighted by atomic mass is 9.70. The molecule has 9 N–H and O–H groups in total. The van der Waals surface area contributed by atoms with E-state index in [0.717, 1.165) is 12.8 Å². The minimum absolute atomic E-state index is 0.00178. The van der Waals surface area contributed by atoms with Crippen LogP contribution in [0.5, 0.6) is 0 Å². The highest BCUT2D eigenvalue weighted by atomic mass is 16.5. The predicted octanol–water partition coefficient (Wildman–Crippen LogP) is -1.30. The Bertz CT molecular complexity index is 1290. The fraction of sp³-hybridized carbons (Fsp3) is 0.929. The largest absolute Gasteiger partial charge is 0.469 e. The zero-order valence-corrected chi connectivity index (χ0v) is 35.4. The summed E-state index contributed by atoms with van der Waals surface area (Å²) in [6.07, 6.45) is -5.41. The maximum absolute atomic E-state index is 13.1. The molecule has 0 aliphatic heterocycles. The second-order valence-corrected chi connectivity index (χ2v) is 17.9. The number of hydrogen-bond acceptors (Lipinski definition) is 17. The average Bonchev–Trinajstić information content (AvgIpc) is 3.21. The van der Waals surface area contributed by atoms with Gasteiger partial charge in [0.2, 0.25) is 0 Å². The van der Waals surface area contributed by atoms with Crippen molar-refractivity contribution in [1.29, 1.82) is 0 Å². The minimum atomic E-state index is -1.40. The van der Waals surface area contributed by atoms with Crippen LogP contribution in [0.1, 0.15) is 59.3 Å². The van der Waals surface area contributed by atoms with Crippen molar-refractivity contribution in [2.45, 2.75) is 114 Å². The first-order valence-corrected chi connectivity index (χ1v) is 21.5. The van der Waals surface area contributed by atoms with Gasteiger partial charge in [-0.1, -0.05) is 20.3 Å². The molecule has 17 heteroatoms. The summed E-state index contributed by atoms with van der Waals surface area (Å²) in [5.74, 6) is -5.57. The third-order valence-electron chi connectivity index (χ3n) is 14.2. The van der Waals surface area contributed by atoms with E-state index in [0.29, 0.717) is 19.1 Å². The molecule has 0 spiro atoms. The van der Waals surface area contributed by atoms with Gasteiger partial charge in [-0.2, -0.15) is 0 Å². The first kappa shape index (κ1) is 49.9. The molecule has 59 heavy (non-hydrogen) atoms. The Morgan fingerprint density at radius 2 is 1.17 bits per heavy atom. The van der Waals surface area contributed by atoms with Crippen molar-refractivity contribution in [1.82, 2.24) is 5.32 Å². The summed E-state index contributed by atoms with van der Waals surface area (Å²) in [7, 11) is 2.67. The molecule has 342 valence electrons. The van der Waals surface area contributed by atoms with Gasteiger partial charge in [-0.15, -0.1) is 0 Å². The standard InChI is InChI=1S/C42H73NO16/c1-6-23-9-21(2)30(38(51)34(23)47)18-58-16-27-12-25(14-45)31(39(52)35(27)48)19-59-17-28-13-29(42(54)56-5)32(40(53)36(28)49)20-57-15-26-11-24(10-22(3)46)37(50)41(55-4)33(26)43-7-8-44/h8,21,23-41,43,45,47-53H,6-7,9-20H2,1-5H3. The van der Waals surface area contributed by atoms with Crippen LogP contribution in [-0.4, -0.2) is 181 Å². The molecule has 4 rings (SSSR count). The summed E-state index contributed by atoms with van der Waals surface area (Å²) in [5, 5.41) is 90.5. The Morgan fingerprint density at radius 3 is 1.73 bits per heavy atom. The van der Waals surface area contributed by atoms with Gasteiger partial charge in [0.15, 0.2) is 0 Å². The number of hydrogen-bond donors (Lipinski definition) is 9. The molecule has 0 amide bonds. The van der Waals surface area contributed by atoms with Crippen molar-refractivity contribution < 1.29 is 78.9 Å². The average molecular weight is 848 g/mol. The van der Waals surface area contributed by atoms with Crippen LogP contribution < -0.4 is 5.32 Å². The third-order valence-corrected chi connectivity index (χ3v) is 14.2. The molecule has 0 aromatic rings. The lowest BCUT2D eigenvalue weighted by Crippen LogP contribution is -2.59. The fourth-order valence-corrected chi connectivity index (χ4v) is 10.7. The molecule has 20 atom stereocenters. The van der Waals surface area contributed by atoms with Crippen LogP contribution in [0.25, 0.3) is 0 Å². The van der Waals surface area contributed by atoms with E-state index in [1.807, 2.05) is 13.8 Å². The Morgan fingerprint density at radius 1 is 0.644 bits per heavy atom. The Labute approximate surface area is 348 Å². The van der Waals surface area contributed by atoms with Crippen LogP contribution in [0, 0.1) is 65.1 Å². The quantitative estimate of drug-likeness (QED) is 0.0480. The SMILES string of the molecule is CCC1CC(C)C(COCC2CC(CO)C(COCC3CC(C(=O)OC)C(COCC4CC(CC(C)=O)C(O)C(OC)C4NCC=O)C(O)C3O)C(O)C2O)C(O)C1O. The number of aldehydes is 1. The van der Waals surface area contributed by atoms with Crippen molar-refractivity contribution in [2.75, 3.05) is 67.0 Å². The summed E-state index contributed by atoms with van der Waals surface area (Å²) in [5.41, 5.74) is 0. The van der Waals surface area contributed by atoms with Gasteiger partial charge in [-0.3, -0.25) is 4.79 Å².